The molecule has 1 atom stereocenters. The number of aromatic nitrogens is 2. The molecule has 0 bridgehead atoms. The van der Waals surface area contributed by atoms with Crippen molar-refractivity contribution in [2.24, 2.45) is 0 Å². The molecule has 3 rings (SSSR count). The van der Waals surface area contributed by atoms with Gasteiger partial charge in [-0.15, -0.1) is 23.1 Å². The number of aryl methyl sites for hydroxylation is 2. The zero-order valence-electron chi connectivity index (χ0n) is 16.0. The number of hydrogen-bond donors (Lipinski definition) is 2. The fourth-order valence-electron chi connectivity index (χ4n) is 2.41. The Hall–Kier alpha value is -2.72. The Balaban J connectivity index is 1.52. The van der Waals surface area contributed by atoms with E-state index in [9.17, 15) is 14.0 Å². The Morgan fingerprint density at radius 2 is 1.97 bits per heavy atom. The highest BCUT2D eigenvalue weighted by Crippen LogP contribution is 2.30. The second-order valence-corrected chi connectivity index (χ2v) is 8.78. The van der Waals surface area contributed by atoms with E-state index in [4.69, 9.17) is 4.52 Å². The van der Waals surface area contributed by atoms with Crippen molar-refractivity contribution in [2.45, 2.75) is 26.0 Å². The van der Waals surface area contributed by atoms with E-state index < -0.39 is 5.25 Å². The topological polar surface area (TPSA) is 97.1 Å². The van der Waals surface area contributed by atoms with E-state index in [1.165, 1.54) is 35.2 Å². The van der Waals surface area contributed by atoms with E-state index in [0.29, 0.717) is 22.4 Å². The highest BCUT2D eigenvalue weighted by Gasteiger charge is 2.18. The zero-order chi connectivity index (χ0) is 21.0. The van der Waals surface area contributed by atoms with Crippen molar-refractivity contribution in [3.05, 3.63) is 46.8 Å². The molecule has 3 aromatic rings. The standard InChI is InChI=1S/C19H19FN4O3S2/c1-10-8-15(24-27-10)21-18(26)12(3)28-9-16(25)22-19-23-17(11(2)29-19)13-4-6-14(20)7-5-13/h4-8,12H,9H2,1-3H3,(H,21,24,26)(H,22,23,25). The third-order valence-corrected chi connectivity index (χ3v) is 5.90. The lowest BCUT2D eigenvalue weighted by molar-refractivity contribution is -0.115. The second-order valence-electron chi connectivity index (χ2n) is 6.24. The second kappa shape index (κ2) is 9.19. The Kier molecular flexibility index (Phi) is 6.65. The van der Waals surface area contributed by atoms with Crippen LogP contribution < -0.4 is 10.6 Å². The van der Waals surface area contributed by atoms with E-state index in [1.54, 1.807) is 32.0 Å². The normalized spacial score (nSPS) is 11.9. The lowest BCUT2D eigenvalue weighted by Crippen LogP contribution is -2.25. The molecule has 2 aromatic heterocycles. The fraction of sp³-hybridized carbons (Fsp3) is 0.263. The van der Waals surface area contributed by atoms with Gasteiger partial charge in [-0.25, -0.2) is 9.37 Å². The first-order chi connectivity index (χ1) is 13.8. The molecular formula is C19H19FN4O3S2. The monoisotopic (exact) mass is 434 g/mol. The average molecular weight is 435 g/mol. The van der Waals surface area contributed by atoms with Gasteiger partial charge < -0.3 is 15.2 Å². The van der Waals surface area contributed by atoms with Gasteiger partial charge in [0.1, 0.15) is 11.6 Å². The lowest BCUT2D eigenvalue weighted by Gasteiger charge is -2.09. The highest BCUT2D eigenvalue weighted by molar-refractivity contribution is 8.01. The smallest absolute Gasteiger partial charge is 0.238 e. The number of thioether (sulfide) groups is 1. The molecule has 0 saturated carbocycles. The molecule has 10 heteroatoms. The maximum Gasteiger partial charge on any atom is 0.238 e. The van der Waals surface area contributed by atoms with E-state index in [-0.39, 0.29) is 23.4 Å². The van der Waals surface area contributed by atoms with Crippen molar-refractivity contribution in [2.75, 3.05) is 16.4 Å². The third-order valence-electron chi connectivity index (χ3n) is 3.87. The minimum atomic E-state index is -0.453. The van der Waals surface area contributed by atoms with E-state index >= 15 is 0 Å². The molecule has 0 spiro atoms. The molecule has 0 saturated heterocycles. The van der Waals surface area contributed by atoms with Crippen LogP contribution in [-0.4, -0.2) is 33.0 Å². The van der Waals surface area contributed by atoms with Crippen LogP contribution >= 0.6 is 23.1 Å². The minimum absolute atomic E-state index is 0.0942. The summed E-state index contributed by atoms with van der Waals surface area (Å²) in [4.78, 5) is 29.7. The van der Waals surface area contributed by atoms with Gasteiger partial charge in [-0.3, -0.25) is 9.59 Å². The highest BCUT2D eigenvalue weighted by atomic mass is 32.2. The van der Waals surface area contributed by atoms with Crippen molar-refractivity contribution in [3.8, 4) is 11.3 Å². The molecule has 1 aromatic carbocycles. The Labute approximate surface area is 175 Å². The molecule has 29 heavy (non-hydrogen) atoms. The number of rotatable bonds is 7. The van der Waals surface area contributed by atoms with Crippen molar-refractivity contribution < 1.29 is 18.5 Å². The van der Waals surface area contributed by atoms with Crippen LogP contribution in [0.5, 0.6) is 0 Å². The average Bonchev–Trinajstić information content (AvgIpc) is 3.25. The Morgan fingerprint density at radius 3 is 2.62 bits per heavy atom. The summed E-state index contributed by atoms with van der Waals surface area (Å²) in [5.74, 6) is 0.196. The van der Waals surface area contributed by atoms with Crippen LogP contribution in [0.2, 0.25) is 0 Å². The first-order valence-electron chi connectivity index (χ1n) is 8.71. The van der Waals surface area contributed by atoms with Crippen molar-refractivity contribution >= 4 is 45.9 Å². The Morgan fingerprint density at radius 1 is 1.24 bits per heavy atom. The van der Waals surface area contributed by atoms with Gasteiger partial charge >= 0.3 is 0 Å². The number of carbonyl (C=O) groups excluding carboxylic acids is 2. The summed E-state index contributed by atoms with van der Waals surface area (Å²) in [7, 11) is 0. The molecule has 0 aliphatic rings. The van der Waals surface area contributed by atoms with Gasteiger partial charge in [0, 0.05) is 16.5 Å². The van der Waals surface area contributed by atoms with E-state index in [2.05, 4.69) is 20.8 Å². The molecule has 0 fully saturated rings. The predicted octanol–water partition coefficient (Wildman–Crippen LogP) is 4.25. The van der Waals surface area contributed by atoms with Gasteiger partial charge in [-0.05, 0) is 45.0 Å². The van der Waals surface area contributed by atoms with Crippen LogP contribution in [0.1, 0.15) is 17.6 Å². The zero-order valence-corrected chi connectivity index (χ0v) is 17.6. The lowest BCUT2D eigenvalue weighted by atomic mass is 10.1. The molecular weight excluding hydrogens is 415 g/mol. The summed E-state index contributed by atoms with van der Waals surface area (Å²) >= 11 is 2.54. The number of nitrogens with zero attached hydrogens (tertiary/aromatic N) is 2. The van der Waals surface area contributed by atoms with Gasteiger partial charge in [0.2, 0.25) is 11.8 Å². The summed E-state index contributed by atoms with van der Waals surface area (Å²) in [6.45, 7) is 5.33. The van der Waals surface area contributed by atoms with Crippen molar-refractivity contribution in [3.63, 3.8) is 0 Å². The van der Waals surface area contributed by atoms with Gasteiger partial charge in [-0.1, -0.05) is 5.16 Å². The first-order valence-corrected chi connectivity index (χ1v) is 10.6. The van der Waals surface area contributed by atoms with Crippen molar-refractivity contribution in [1.82, 2.24) is 10.1 Å². The number of carbonyl (C=O) groups is 2. The van der Waals surface area contributed by atoms with Gasteiger partial charge in [0.15, 0.2) is 10.9 Å². The van der Waals surface area contributed by atoms with Crippen LogP contribution in [0, 0.1) is 19.7 Å². The molecule has 2 heterocycles. The summed E-state index contributed by atoms with van der Waals surface area (Å²) in [6.07, 6.45) is 0. The molecule has 0 aliphatic heterocycles. The molecule has 2 N–H and O–H groups in total. The maximum absolute atomic E-state index is 13.1. The van der Waals surface area contributed by atoms with Crippen molar-refractivity contribution in [1.29, 1.82) is 0 Å². The van der Waals surface area contributed by atoms with Crippen LogP contribution in [0.15, 0.2) is 34.9 Å². The summed E-state index contributed by atoms with van der Waals surface area (Å²) in [5.41, 5.74) is 1.48. The number of halogens is 1. The van der Waals surface area contributed by atoms with Gasteiger partial charge in [0.05, 0.1) is 16.7 Å². The first kappa shape index (κ1) is 21.0. The van der Waals surface area contributed by atoms with Crippen LogP contribution in [0.4, 0.5) is 15.3 Å². The number of nitrogens with one attached hydrogen (secondary N) is 2. The summed E-state index contributed by atoms with van der Waals surface area (Å²) < 4.78 is 18.0. The number of amides is 2. The van der Waals surface area contributed by atoms with Gasteiger partial charge in [0.25, 0.3) is 0 Å². The molecule has 152 valence electrons. The fourth-order valence-corrected chi connectivity index (χ4v) is 3.95. The number of anilines is 2. The minimum Gasteiger partial charge on any atom is -0.360 e. The molecule has 0 radical (unpaired) electrons. The third kappa shape index (κ3) is 5.64. The number of thiazole rings is 1. The maximum atomic E-state index is 13.1. The SMILES string of the molecule is Cc1cc(NC(=O)C(C)SCC(=O)Nc2nc(-c3ccc(F)cc3)c(C)s2)no1. The van der Waals surface area contributed by atoms with Crippen LogP contribution in [0.25, 0.3) is 11.3 Å². The Bertz CT molecular complexity index is 1020. The number of hydrogen-bond acceptors (Lipinski definition) is 7. The molecule has 1 unspecified atom stereocenters. The number of benzene rings is 1. The summed E-state index contributed by atoms with van der Waals surface area (Å²) in [5, 5.41) is 9.10. The molecule has 0 aliphatic carbocycles. The molecule has 2 amide bonds. The van der Waals surface area contributed by atoms with Crippen LogP contribution in [0.3, 0.4) is 0 Å². The van der Waals surface area contributed by atoms with E-state index in [1.807, 2.05) is 6.92 Å². The largest absolute Gasteiger partial charge is 0.360 e. The van der Waals surface area contributed by atoms with Crippen LogP contribution in [-0.2, 0) is 9.59 Å². The summed E-state index contributed by atoms with van der Waals surface area (Å²) in [6, 6.07) is 7.65. The molecule has 7 nitrogen and oxygen atoms in total. The van der Waals surface area contributed by atoms with E-state index in [0.717, 1.165) is 10.4 Å². The predicted molar refractivity (Wildman–Crippen MR) is 113 cm³/mol. The quantitative estimate of drug-likeness (QED) is 0.577. The van der Waals surface area contributed by atoms with Gasteiger partial charge in [-0.2, -0.15) is 0 Å².